The molecule has 1 aliphatic rings. The molecule has 1 fully saturated rings. The lowest BCUT2D eigenvalue weighted by Gasteiger charge is -1.93. The molecule has 4 heteroatoms. The molecule has 0 saturated heterocycles. The number of hydrogen-bond donors (Lipinski definition) is 1. The van der Waals surface area contributed by atoms with Gasteiger partial charge in [-0.2, -0.15) is 0 Å². The molecule has 1 aliphatic carbocycles. The maximum absolute atomic E-state index is 10.8. The van der Waals surface area contributed by atoms with Crippen molar-refractivity contribution in [1.29, 1.82) is 0 Å². The van der Waals surface area contributed by atoms with E-state index in [9.17, 15) is 9.00 Å². The van der Waals surface area contributed by atoms with E-state index in [0.717, 1.165) is 12.8 Å². The largest absolute Gasteiger partial charge is 0.481 e. The van der Waals surface area contributed by atoms with Crippen LogP contribution in [-0.2, 0) is 15.6 Å². The Morgan fingerprint density at radius 1 is 1.60 bits per heavy atom. The minimum Gasteiger partial charge on any atom is -0.481 e. The summed E-state index contributed by atoms with van der Waals surface area (Å²) in [5, 5.41) is 8.22. The van der Waals surface area contributed by atoms with E-state index < -0.39 is 16.8 Å². The molecule has 0 aromatic carbocycles. The van der Waals surface area contributed by atoms with Crippen LogP contribution in [0.3, 0.4) is 0 Å². The molecular formula is C6H10O3S. The Balaban J connectivity index is 2.14. The van der Waals surface area contributed by atoms with Gasteiger partial charge in [-0.15, -0.1) is 0 Å². The van der Waals surface area contributed by atoms with Crippen molar-refractivity contribution in [2.24, 2.45) is 5.92 Å². The van der Waals surface area contributed by atoms with Crippen LogP contribution in [0.15, 0.2) is 0 Å². The zero-order valence-electron chi connectivity index (χ0n) is 5.58. The second-order valence-corrected chi connectivity index (χ2v) is 4.09. The Morgan fingerprint density at radius 3 is 2.60 bits per heavy atom. The Bertz CT molecular complexity index is 162. The van der Waals surface area contributed by atoms with Crippen molar-refractivity contribution in [1.82, 2.24) is 0 Å². The number of aliphatic carboxylic acids is 1. The molecule has 0 heterocycles. The Hall–Kier alpha value is -0.380. The quantitative estimate of drug-likeness (QED) is 0.643. The van der Waals surface area contributed by atoms with Crippen LogP contribution in [0.2, 0.25) is 0 Å². The van der Waals surface area contributed by atoms with Gasteiger partial charge in [-0.05, 0) is 18.8 Å². The Labute approximate surface area is 61.9 Å². The van der Waals surface area contributed by atoms with Gasteiger partial charge in [-0.25, -0.2) is 0 Å². The first-order chi connectivity index (χ1) is 4.68. The summed E-state index contributed by atoms with van der Waals surface area (Å²) >= 11 is 0. The van der Waals surface area contributed by atoms with Gasteiger partial charge in [0.1, 0.15) is 5.75 Å². The van der Waals surface area contributed by atoms with Gasteiger partial charge < -0.3 is 5.11 Å². The van der Waals surface area contributed by atoms with E-state index >= 15 is 0 Å². The van der Waals surface area contributed by atoms with Crippen molar-refractivity contribution >= 4 is 16.8 Å². The standard InChI is InChI=1S/C6H10O3S/c7-6(8)4-10(9)3-5-1-2-5/h5H,1-4H2,(H,7,8)/t10-/m0/s1. The summed E-state index contributed by atoms with van der Waals surface area (Å²) in [5.41, 5.74) is 0. The topological polar surface area (TPSA) is 54.4 Å². The molecule has 1 N–H and O–H groups in total. The molecule has 10 heavy (non-hydrogen) atoms. The monoisotopic (exact) mass is 162 g/mol. The first-order valence-corrected chi connectivity index (χ1v) is 4.74. The first kappa shape index (κ1) is 7.72. The fourth-order valence-corrected chi connectivity index (χ4v) is 2.00. The number of carboxylic acid groups (broad SMARTS) is 1. The summed E-state index contributed by atoms with van der Waals surface area (Å²) in [5.74, 6) is 0.00201. The molecule has 1 saturated carbocycles. The Morgan fingerprint density at radius 2 is 2.20 bits per heavy atom. The highest BCUT2D eigenvalue weighted by atomic mass is 32.2. The van der Waals surface area contributed by atoms with Crippen LogP contribution in [0.25, 0.3) is 0 Å². The van der Waals surface area contributed by atoms with Crippen LogP contribution in [0, 0.1) is 5.92 Å². The molecule has 0 amide bonds. The van der Waals surface area contributed by atoms with E-state index in [2.05, 4.69) is 0 Å². The van der Waals surface area contributed by atoms with E-state index in [1.165, 1.54) is 0 Å². The lowest BCUT2D eigenvalue weighted by molar-refractivity contribution is -0.133. The van der Waals surface area contributed by atoms with E-state index in [0.29, 0.717) is 11.7 Å². The molecule has 1 atom stereocenters. The first-order valence-electron chi connectivity index (χ1n) is 3.25. The van der Waals surface area contributed by atoms with Gasteiger partial charge in [0.25, 0.3) is 0 Å². The predicted molar refractivity (Wildman–Crippen MR) is 38.2 cm³/mol. The van der Waals surface area contributed by atoms with Crippen molar-refractivity contribution in [2.45, 2.75) is 12.8 Å². The number of carboxylic acids is 1. The average Bonchev–Trinajstić information content (AvgIpc) is 2.46. The number of carbonyl (C=O) groups is 1. The molecule has 0 bridgehead atoms. The number of hydrogen-bond acceptors (Lipinski definition) is 2. The van der Waals surface area contributed by atoms with Crippen LogP contribution >= 0.6 is 0 Å². The molecule has 3 nitrogen and oxygen atoms in total. The smallest absolute Gasteiger partial charge is 0.316 e. The van der Waals surface area contributed by atoms with Gasteiger partial charge in [0.05, 0.1) is 0 Å². The third-order valence-corrected chi connectivity index (χ3v) is 2.82. The van der Waals surface area contributed by atoms with Crippen molar-refractivity contribution in [3.63, 3.8) is 0 Å². The van der Waals surface area contributed by atoms with Crippen molar-refractivity contribution < 1.29 is 14.1 Å². The van der Waals surface area contributed by atoms with Gasteiger partial charge >= 0.3 is 5.97 Å². The SMILES string of the molecule is O=C(O)C[S@@](=O)CC1CC1. The minimum absolute atomic E-state index is 0.184. The highest BCUT2D eigenvalue weighted by Crippen LogP contribution is 2.29. The summed E-state index contributed by atoms with van der Waals surface area (Å²) in [6.07, 6.45) is 2.26. The fraction of sp³-hybridized carbons (Fsp3) is 0.833. The lowest BCUT2D eigenvalue weighted by Crippen LogP contribution is -2.12. The van der Waals surface area contributed by atoms with Gasteiger partial charge in [0.2, 0.25) is 0 Å². The van der Waals surface area contributed by atoms with Crippen molar-refractivity contribution in [3.8, 4) is 0 Å². The molecule has 0 radical (unpaired) electrons. The maximum atomic E-state index is 10.8. The zero-order chi connectivity index (χ0) is 7.56. The van der Waals surface area contributed by atoms with Gasteiger partial charge in [-0.3, -0.25) is 9.00 Å². The maximum Gasteiger partial charge on any atom is 0.316 e. The fourth-order valence-electron chi connectivity index (χ4n) is 0.744. The normalized spacial score (nSPS) is 20.4. The molecule has 0 spiro atoms. The molecule has 0 unspecified atom stereocenters. The van der Waals surface area contributed by atoms with E-state index in [-0.39, 0.29) is 5.75 Å². The lowest BCUT2D eigenvalue weighted by atomic mass is 10.5. The highest BCUT2D eigenvalue weighted by molar-refractivity contribution is 7.85. The summed E-state index contributed by atoms with van der Waals surface area (Å²) in [6, 6.07) is 0. The third kappa shape index (κ3) is 2.96. The van der Waals surface area contributed by atoms with E-state index in [4.69, 9.17) is 5.11 Å². The molecule has 58 valence electrons. The number of rotatable bonds is 4. The second-order valence-electron chi connectivity index (χ2n) is 2.59. The van der Waals surface area contributed by atoms with Crippen LogP contribution < -0.4 is 0 Å². The molecular weight excluding hydrogens is 152 g/mol. The molecule has 0 aromatic heterocycles. The van der Waals surface area contributed by atoms with Crippen molar-refractivity contribution in [2.75, 3.05) is 11.5 Å². The van der Waals surface area contributed by atoms with E-state index in [1.54, 1.807) is 0 Å². The highest BCUT2D eigenvalue weighted by Gasteiger charge is 2.24. The second kappa shape index (κ2) is 3.14. The molecule has 1 rings (SSSR count). The summed E-state index contributed by atoms with van der Waals surface area (Å²) in [6.45, 7) is 0. The van der Waals surface area contributed by atoms with Crippen LogP contribution in [-0.4, -0.2) is 26.8 Å². The van der Waals surface area contributed by atoms with Crippen molar-refractivity contribution in [3.05, 3.63) is 0 Å². The third-order valence-electron chi connectivity index (χ3n) is 1.40. The summed E-state index contributed by atoms with van der Waals surface area (Å²) < 4.78 is 10.8. The summed E-state index contributed by atoms with van der Waals surface area (Å²) in [7, 11) is -1.12. The van der Waals surface area contributed by atoms with Crippen LogP contribution in [0.5, 0.6) is 0 Å². The van der Waals surface area contributed by atoms with E-state index in [1.807, 2.05) is 0 Å². The zero-order valence-corrected chi connectivity index (χ0v) is 6.39. The average molecular weight is 162 g/mol. The van der Waals surface area contributed by atoms with Gasteiger partial charge in [0, 0.05) is 16.6 Å². The summed E-state index contributed by atoms with van der Waals surface area (Å²) in [4.78, 5) is 10.0. The van der Waals surface area contributed by atoms with Gasteiger partial charge in [-0.1, -0.05) is 0 Å². The van der Waals surface area contributed by atoms with Gasteiger partial charge in [0.15, 0.2) is 0 Å². The van der Waals surface area contributed by atoms with Crippen LogP contribution in [0.1, 0.15) is 12.8 Å². The molecule has 0 aliphatic heterocycles. The molecule has 0 aromatic rings. The van der Waals surface area contributed by atoms with Crippen LogP contribution in [0.4, 0.5) is 0 Å². The Kier molecular flexibility index (Phi) is 2.43. The minimum atomic E-state index is -1.12. The predicted octanol–water partition coefficient (Wildman–Crippen LogP) is 0.230.